The van der Waals surface area contributed by atoms with Crippen molar-refractivity contribution in [2.75, 3.05) is 10.6 Å². The number of para-hydroxylation sites is 1. The number of carbonyl (C=O) groups is 2. The van der Waals surface area contributed by atoms with Crippen LogP contribution in [0.4, 0.5) is 11.4 Å². The fourth-order valence-corrected chi connectivity index (χ4v) is 2.42. The van der Waals surface area contributed by atoms with Gasteiger partial charge in [-0.25, -0.2) is 0 Å². The number of hydrogen-bond donors (Lipinski definition) is 2. The topological polar surface area (TPSA) is 67.4 Å². The third-order valence-electron chi connectivity index (χ3n) is 3.95. The van der Waals surface area contributed by atoms with Gasteiger partial charge in [-0.05, 0) is 56.2 Å². The number of amides is 2. The lowest BCUT2D eigenvalue weighted by atomic mass is 10.1. The highest BCUT2D eigenvalue weighted by Gasteiger charge is 2.27. The maximum absolute atomic E-state index is 12.6. The fourth-order valence-electron chi connectivity index (χ4n) is 2.42. The number of ether oxygens (including phenoxy) is 1. The molecule has 2 aromatic rings. The second kappa shape index (κ2) is 5.76. The number of rotatable bonds is 2. The first kappa shape index (κ1) is 15.1. The van der Waals surface area contributed by atoms with Gasteiger partial charge in [0.1, 0.15) is 0 Å². The number of aryl methyl sites for hydroxylation is 2. The molecule has 1 atom stereocenters. The van der Waals surface area contributed by atoms with E-state index in [1.54, 1.807) is 25.1 Å². The molecule has 0 saturated carbocycles. The van der Waals surface area contributed by atoms with E-state index in [2.05, 4.69) is 10.6 Å². The Morgan fingerprint density at radius 2 is 1.96 bits per heavy atom. The van der Waals surface area contributed by atoms with Gasteiger partial charge in [0.05, 0.1) is 11.3 Å². The van der Waals surface area contributed by atoms with Gasteiger partial charge in [-0.15, -0.1) is 0 Å². The molecule has 1 aliphatic heterocycles. The summed E-state index contributed by atoms with van der Waals surface area (Å²) in [6, 6.07) is 10.9. The zero-order chi connectivity index (χ0) is 16.6. The predicted octanol–water partition coefficient (Wildman–Crippen LogP) is 3.28. The smallest absolute Gasteiger partial charge is 0.265 e. The van der Waals surface area contributed by atoms with Gasteiger partial charge in [-0.1, -0.05) is 12.1 Å². The van der Waals surface area contributed by atoms with Gasteiger partial charge in [0.25, 0.3) is 11.8 Å². The summed E-state index contributed by atoms with van der Waals surface area (Å²) in [6.07, 6.45) is -0.627. The first-order valence-corrected chi connectivity index (χ1v) is 7.45. The largest absolute Gasteiger partial charge is 0.478 e. The number of anilines is 2. The third-order valence-corrected chi connectivity index (χ3v) is 3.95. The molecule has 0 aliphatic carbocycles. The lowest BCUT2D eigenvalue weighted by Crippen LogP contribution is -2.35. The normalized spacial score (nSPS) is 16.1. The van der Waals surface area contributed by atoms with E-state index in [1.807, 2.05) is 32.0 Å². The maximum atomic E-state index is 12.6. The highest BCUT2D eigenvalue weighted by Crippen LogP contribution is 2.33. The Labute approximate surface area is 134 Å². The van der Waals surface area contributed by atoms with E-state index in [0.29, 0.717) is 17.0 Å². The van der Waals surface area contributed by atoms with Crippen LogP contribution in [-0.4, -0.2) is 17.9 Å². The van der Waals surface area contributed by atoms with Crippen LogP contribution >= 0.6 is 0 Å². The number of benzene rings is 2. The zero-order valence-corrected chi connectivity index (χ0v) is 13.3. The van der Waals surface area contributed by atoms with Crippen molar-refractivity contribution in [3.63, 3.8) is 0 Å². The van der Waals surface area contributed by atoms with Crippen molar-refractivity contribution in [3.05, 3.63) is 53.1 Å². The lowest BCUT2D eigenvalue weighted by molar-refractivity contribution is -0.122. The van der Waals surface area contributed by atoms with Crippen molar-refractivity contribution in [2.24, 2.45) is 0 Å². The molecule has 0 fully saturated rings. The third kappa shape index (κ3) is 2.90. The van der Waals surface area contributed by atoms with Crippen LogP contribution in [0.1, 0.15) is 28.4 Å². The van der Waals surface area contributed by atoms with Crippen LogP contribution in [0.2, 0.25) is 0 Å². The Hall–Kier alpha value is -2.82. The number of nitrogens with one attached hydrogen (secondary N) is 2. The summed E-state index contributed by atoms with van der Waals surface area (Å²) in [5, 5.41) is 5.61. The Balaban J connectivity index is 1.90. The quantitative estimate of drug-likeness (QED) is 0.894. The summed E-state index contributed by atoms with van der Waals surface area (Å²) in [7, 11) is 0. The summed E-state index contributed by atoms with van der Waals surface area (Å²) in [6.45, 7) is 5.67. The molecule has 0 bridgehead atoms. The van der Waals surface area contributed by atoms with Gasteiger partial charge in [-0.2, -0.15) is 0 Å². The van der Waals surface area contributed by atoms with Gasteiger partial charge in [0, 0.05) is 5.69 Å². The Kier molecular flexibility index (Phi) is 3.78. The Bertz CT molecular complexity index is 799. The molecule has 3 rings (SSSR count). The highest BCUT2D eigenvalue weighted by atomic mass is 16.5. The SMILES string of the molecule is Cc1ccc(NC(=O)c2cccc3c2OC(C)C(=O)N3)cc1C. The first-order valence-electron chi connectivity index (χ1n) is 7.45. The minimum absolute atomic E-state index is 0.218. The van der Waals surface area contributed by atoms with Crippen LogP contribution in [0, 0.1) is 13.8 Å². The lowest BCUT2D eigenvalue weighted by Gasteiger charge is -2.25. The predicted molar refractivity (Wildman–Crippen MR) is 89.0 cm³/mol. The minimum Gasteiger partial charge on any atom is -0.478 e. The van der Waals surface area contributed by atoms with Crippen LogP contribution < -0.4 is 15.4 Å². The molecule has 5 heteroatoms. The molecule has 2 N–H and O–H groups in total. The van der Waals surface area contributed by atoms with Gasteiger partial charge in [0.15, 0.2) is 11.9 Å². The highest BCUT2D eigenvalue weighted by molar-refractivity contribution is 6.09. The second-order valence-corrected chi connectivity index (χ2v) is 5.68. The van der Waals surface area contributed by atoms with E-state index >= 15 is 0 Å². The fraction of sp³-hybridized carbons (Fsp3) is 0.222. The van der Waals surface area contributed by atoms with E-state index in [-0.39, 0.29) is 11.8 Å². The van der Waals surface area contributed by atoms with Crippen molar-refractivity contribution in [1.82, 2.24) is 0 Å². The van der Waals surface area contributed by atoms with Gasteiger partial charge in [-0.3, -0.25) is 9.59 Å². The van der Waals surface area contributed by atoms with E-state index in [9.17, 15) is 9.59 Å². The van der Waals surface area contributed by atoms with Gasteiger partial charge < -0.3 is 15.4 Å². The van der Waals surface area contributed by atoms with E-state index < -0.39 is 6.10 Å². The molecule has 0 saturated heterocycles. The molecule has 118 valence electrons. The standard InChI is InChI=1S/C18H18N2O3/c1-10-7-8-13(9-11(10)2)19-18(22)14-5-4-6-15-16(14)23-12(3)17(21)20-15/h4-9,12H,1-3H3,(H,19,22)(H,20,21). The summed E-state index contributed by atoms with van der Waals surface area (Å²) >= 11 is 0. The summed E-state index contributed by atoms with van der Waals surface area (Å²) in [5.41, 5.74) is 3.91. The summed E-state index contributed by atoms with van der Waals surface area (Å²) < 4.78 is 5.60. The van der Waals surface area contributed by atoms with Crippen LogP contribution in [-0.2, 0) is 4.79 Å². The molecule has 0 radical (unpaired) electrons. The maximum Gasteiger partial charge on any atom is 0.265 e. The monoisotopic (exact) mass is 310 g/mol. The van der Waals surface area contributed by atoms with E-state index in [0.717, 1.165) is 11.3 Å². The van der Waals surface area contributed by atoms with Crippen LogP contribution in [0.25, 0.3) is 0 Å². The average molecular weight is 310 g/mol. The minimum atomic E-state index is -0.627. The first-order chi connectivity index (χ1) is 11.0. The molecule has 0 aromatic heterocycles. The van der Waals surface area contributed by atoms with Crippen LogP contribution in [0.15, 0.2) is 36.4 Å². The Morgan fingerprint density at radius 1 is 1.17 bits per heavy atom. The average Bonchev–Trinajstić information content (AvgIpc) is 2.51. The molecule has 2 aromatic carbocycles. The number of fused-ring (bicyclic) bond motifs is 1. The van der Waals surface area contributed by atoms with Crippen molar-refractivity contribution in [3.8, 4) is 5.75 Å². The molecular weight excluding hydrogens is 292 g/mol. The van der Waals surface area contributed by atoms with Crippen LogP contribution in [0.3, 0.4) is 0 Å². The van der Waals surface area contributed by atoms with Gasteiger partial charge in [0.2, 0.25) is 0 Å². The van der Waals surface area contributed by atoms with Crippen molar-refractivity contribution < 1.29 is 14.3 Å². The summed E-state index contributed by atoms with van der Waals surface area (Å²) in [5.74, 6) is -0.0846. The molecule has 23 heavy (non-hydrogen) atoms. The molecule has 2 amide bonds. The number of carbonyl (C=O) groups excluding carboxylic acids is 2. The second-order valence-electron chi connectivity index (χ2n) is 5.68. The molecular formula is C18H18N2O3. The molecule has 1 heterocycles. The van der Waals surface area contributed by atoms with E-state index in [4.69, 9.17) is 4.74 Å². The molecule has 5 nitrogen and oxygen atoms in total. The number of hydrogen-bond acceptors (Lipinski definition) is 3. The van der Waals surface area contributed by atoms with Crippen molar-refractivity contribution in [1.29, 1.82) is 0 Å². The molecule has 0 spiro atoms. The van der Waals surface area contributed by atoms with Crippen molar-refractivity contribution >= 4 is 23.2 Å². The Morgan fingerprint density at radius 3 is 2.70 bits per heavy atom. The van der Waals surface area contributed by atoms with Crippen LogP contribution in [0.5, 0.6) is 5.75 Å². The van der Waals surface area contributed by atoms with E-state index in [1.165, 1.54) is 5.56 Å². The summed E-state index contributed by atoms with van der Waals surface area (Å²) in [4.78, 5) is 24.2. The van der Waals surface area contributed by atoms with Crippen molar-refractivity contribution in [2.45, 2.75) is 26.9 Å². The zero-order valence-electron chi connectivity index (χ0n) is 13.3. The molecule has 1 unspecified atom stereocenters. The molecule has 1 aliphatic rings. The van der Waals surface area contributed by atoms with Gasteiger partial charge >= 0.3 is 0 Å².